The third-order valence-corrected chi connectivity index (χ3v) is 1.67. The van der Waals surface area contributed by atoms with Crippen LogP contribution in [0.15, 0.2) is 4.99 Å². The second-order valence-electron chi connectivity index (χ2n) is 4.61. The van der Waals surface area contributed by atoms with Crippen LogP contribution in [-0.4, -0.2) is 18.4 Å². The fraction of sp³-hybridized carbons (Fsp3) is 0.800. The molecule has 0 rings (SSSR count). The number of amides is 1. The van der Waals surface area contributed by atoms with Crippen LogP contribution in [0.1, 0.15) is 40.5 Å². The first-order chi connectivity index (χ1) is 6.31. The number of nitrogens with two attached hydrogens (primary N) is 1. The summed E-state index contributed by atoms with van der Waals surface area (Å²) in [5, 5.41) is 2.43. The normalized spacial score (nSPS) is 12.7. The fourth-order valence-corrected chi connectivity index (χ4v) is 1.03. The van der Waals surface area contributed by atoms with Gasteiger partial charge >= 0.3 is 0 Å². The quantitative estimate of drug-likeness (QED) is 0.408. The molecule has 0 fully saturated rings. The first kappa shape index (κ1) is 12.9. The molecule has 1 amide bonds. The molecule has 0 spiro atoms. The molecule has 0 radical (unpaired) electrons. The van der Waals surface area contributed by atoms with Gasteiger partial charge in [0.2, 0.25) is 5.91 Å². The minimum Gasteiger partial charge on any atom is -0.370 e. The number of nitrogens with zero attached hydrogens (tertiary/aromatic N) is 1. The summed E-state index contributed by atoms with van der Waals surface area (Å²) >= 11 is 0. The number of carbonyl (C=O) groups excluding carboxylic acids is 1. The number of aliphatic imine (C=N–C) groups is 1. The van der Waals surface area contributed by atoms with Crippen molar-refractivity contribution in [2.45, 2.75) is 40.5 Å². The molecule has 82 valence electrons. The molecule has 0 aliphatic heterocycles. The van der Waals surface area contributed by atoms with Gasteiger partial charge in [-0.1, -0.05) is 20.8 Å². The standard InChI is InChI=1S/C10H21N3O/c1-8(14)13-9(11)12-7-5-6-10(2,3)4/h5-7H2,1-4H3,(H3,11,12,13,14). The largest absolute Gasteiger partial charge is 0.370 e. The zero-order chi connectivity index (χ0) is 11.2. The van der Waals surface area contributed by atoms with Gasteiger partial charge in [-0.05, 0) is 18.3 Å². The smallest absolute Gasteiger partial charge is 0.223 e. The van der Waals surface area contributed by atoms with Crippen molar-refractivity contribution in [2.24, 2.45) is 16.1 Å². The number of carbonyl (C=O) groups is 1. The fourth-order valence-electron chi connectivity index (χ4n) is 1.03. The van der Waals surface area contributed by atoms with Gasteiger partial charge in [0.15, 0.2) is 5.96 Å². The van der Waals surface area contributed by atoms with E-state index in [-0.39, 0.29) is 11.9 Å². The summed E-state index contributed by atoms with van der Waals surface area (Å²) in [5.41, 5.74) is 5.77. The van der Waals surface area contributed by atoms with E-state index in [0.717, 1.165) is 12.8 Å². The lowest BCUT2D eigenvalue weighted by Gasteiger charge is -2.16. The summed E-state index contributed by atoms with van der Waals surface area (Å²) in [4.78, 5) is 14.6. The van der Waals surface area contributed by atoms with Crippen molar-refractivity contribution in [1.82, 2.24) is 5.32 Å². The molecule has 0 saturated heterocycles. The number of guanidine groups is 1. The highest BCUT2D eigenvalue weighted by molar-refractivity contribution is 5.94. The van der Waals surface area contributed by atoms with Gasteiger partial charge in [0, 0.05) is 13.5 Å². The molecule has 0 aromatic rings. The molecule has 0 bridgehead atoms. The van der Waals surface area contributed by atoms with E-state index in [1.54, 1.807) is 0 Å². The predicted molar refractivity (Wildman–Crippen MR) is 59.0 cm³/mol. The van der Waals surface area contributed by atoms with Crippen LogP contribution in [0.2, 0.25) is 0 Å². The molecule has 0 saturated carbocycles. The highest BCUT2D eigenvalue weighted by atomic mass is 16.1. The Kier molecular flexibility index (Phi) is 5.20. The van der Waals surface area contributed by atoms with E-state index < -0.39 is 0 Å². The van der Waals surface area contributed by atoms with E-state index >= 15 is 0 Å². The molecule has 4 nitrogen and oxygen atoms in total. The third-order valence-electron chi connectivity index (χ3n) is 1.67. The van der Waals surface area contributed by atoms with E-state index in [9.17, 15) is 4.79 Å². The van der Waals surface area contributed by atoms with Crippen molar-refractivity contribution in [3.05, 3.63) is 0 Å². The maximum atomic E-state index is 10.6. The van der Waals surface area contributed by atoms with Crippen LogP contribution in [0.4, 0.5) is 0 Å². The lowest BCUT2D eigenvalue weighted by Crippen LogP contribution is -2.35. The molecule has 14 heavy (non-hydrogen) atoms. The molecule has 0 aliphatic carbocycles. The Bertz CT molecular complexity index is 216. The van der Waals surface area contributed by atoms with Crippen LogP contribution in [0.3, 0.4) is 0 Å². The minimum atomic E-state index is -0.179. The lowest BCUT2D eigenvalue weighted by atomic mass is 9.91. The Morgan fingerprint density at radius 3 is 2.43 bits per heavy atom. The highest BCUT2D eigenvalue weighted by Gasteiger charge is 2.08. The monoisotopic (exact) mass is 199 g/mol. The lowest BCUT2D eigenvalue weighted by molar-refractivity contribution is -0.117. The minimum absolute atomic E-state index is 0.179. The Hall–Kier alpha value is -1.06. The molecule has 0 unspecified atom stereocenters. The van der Waals surface area contributed by atoms with E-state index in [1.807, 2.05) is 0 Å². The number of hydrogen-bond acceptors (Lipinski definition) is 2. The Labute approximate surface area is 86.0 Å². The van der Waals surface area contributed by atoms with E-state index in [2.05, 4.69) is 31.1 Å². The molecular weight excluding hydrogens is 178 g/mol. The summed E-state index contributed by atoms with van der Waals surface area (Å²) in [6.45, 7) is 8.65. The molecule has 0 aromatic heterocycles. The van der Waals surface area contributed by atoms with Gasteiger partial charge in [0.1, 0.15) is 0 Å². The van der Waals surface area contributed by atoms with Crippen molar-refractivity contribution >= 4 is 11.9 Å². The molecule has 4 heteroatoms. The van der Waals surface area contributed by atoms with Crippen LogP contribution in [-0.2, 0) is 4.79 Å². The van der Waals surface area contributed by atoms with Gasteiger partial charge in [-0.25, -0.2) is 0 Å². The van der Waals surface area contributed by atoms with Crippen LogP contribution < -0.4 is 11.1 Å². The van der Waals surface area contributed by atoms with E-state index in [0.29, 0.717) is 12.0 Å². The third kappa shape index (κ3) is 9.03. The van der Waals surface area contributed by atoms with Crippen molar-refractivity contribution in [3.63, 3.8) is 0 Å². The summed E-state index contributed by atoms with van der Waals surface area (Å²) in [6, 6.07) is 0. The predicted octanol–water partition coefficient (Wildman–Crippen LogP) is 1.26. The van der Waals surface area contributed by atoms with Crippen molar-refractivity contribution in [1.29, 1.82) is 0 Å². The number of hydrogen-bond donors (Lipinski definition) is 2. The molecule has 0 heterocycles. The zero-order valence-electron chi connectivity index (χ0n) is 9.55. The number of rotatable bonds is 3. The summed E-state index contributed by atoms with van der Waals surface area (Å²) in [7, 11) is 0. The molecule has 3 N–H and O–H groups in total. The summed E-state index contributed by atoms with van der Waals surface area (Å²) in [5.74, 6) is 0.0356. The average Bonchev–Trinajstić information content (AvgIpc) is 1.95. The molecule has 0 atom stereocenters. The van der Waals surface area contributed by atoms with Crippen molar-refractivity contribution < 1.29 is 4.79 Å². The average molecular weight is 199 g/mol. The van der Waals surface area contributed by atoms with E-state index in [1.165, 1.54) is 6.92 Å². The number of nitrogens with one attached hydrogen (secondary N) is 1. The second-order valence-corrected chi connectivity index (χ2v) is 4.61. The Morgan fingerprint density at radius 1 is 1.43 bits per heavy atom. The van der Waals surface area contributed by atoms with Crippen LogP contribution >= 0.6 is 0 Å². The highest BCUT2D eigenvalue weighted by Crippen LogP contribution is 2.20. The zero-order valence-corrected chi connectivity index (χ0v) is 9.55. The Morgan fingerprint density at radius 2 is 2.00 bits per heavy atom. The van der Waals surface area contributed by atoms with Gasteiger partial charge in [0.25, 0.3) is 0 Å². The van der Waals surface area contributed by atoms with Crippen molar-refractivity contribution in [3.8, 4) is 0 Å². The van der Waals surface area contributed by atoms with Crippen molar-refractivity contribution in [2.75, 3.05) is 6.54 Å². The topological polar surface area (TPSA) is 67.5 Å². The van der Waals surface area contributed by atoms with Crippen LogP contribution in [0.5, 0.6) is 0 Å². The van der Waals surface area contributed by atoms with Crippen LogP contribution in [0.25, 0.3) is 0 Å². The van der Waals surface area contributed by atoms with Crippen LogP contribution in [0, 0.1) is 5.41 Å². The van der Waals surface area contributed by atoms with E-state index in [4.69, 9.17) is 5.73 Å². The second kappa shape index (κ2) is 5.62. The Balaban J connectivity index is 3.66. The van der Waals surface area contributed by atoms with Gasteiger partial charge in [-0.2, -0.15) is 0 Å². The van der Waals surface area contributed by atoms with Gasteiger partial charge < -0.3 is 5.73 Å². The first-order valence-electron chi connectivity index (χ1n) is 4.89. The summed E-state index contributed by atoms with van der Waals surface area (Å²) in [6.07, 6.45) is 2.09. The molecule has 0 aromatic carbocycles. The van der Waals surface area contributed by atoms with Gasteiger partial charge in [0.05, 0.1) is 0 Å². The van der Waals surface area contributed by atoms with Gasteiger partial charge in [-0.3, -0.25) is 15.1 Å². The SMILES string of the molecule is CC(=O)NC(N)=NCCCC(C)(C)C. The maximum absolute atomic E-state index is 10.6. The van der Waals surface area contributed by atoms with Gasteiger partial charge in [-0.15, -0.1) is 0 Å². The molecular formula is C10H21N3O. The molecule has 0 aliphatic rings. The first-order valence-corrected chi connectivity index (χ1v) is 4.89. The summed E-state index contributed by atoms with van der Waals surface area (Å²) < 4.78 is 0. The maximum Gasteiger partial charge on any atom is 0.223 e.